The van der Waals surface area contributed by atoms with Gasteiger partial charge in [0.2, 0.25) is 9.84 Å². The predicted octanol–water partition coefficient (Wildman–Crippen LogP) is 3.17. The molecule has 0 aliphatic carbocycles. The lowest BCUT2D eigenvalue weighted by atomic mass is 10.2. The maximum absolute atomic E-state index is 12.5. The summed E-state index contributed by atoms with van der Waals surface area (Å²) in [4.78, 5) is 16.5. The lowest BCUT2D eigenvalue weighted by Gasteiger charge is -2.07. The monoisotopic (exact) mass is 338 g/mol. The van der Waals surface area contributed by atoms with Gasteiger partial charge in [0.05, 0.1) is 9.79 Å². The Kier molecular flexibility index (Phi) is 4.39. The van der Waals surface area contributed by atoms with Crippen LogP contribution in [0.5, 0.6) is 0 Å². The number of anilines is 1. The first-order valence-electron chi connectivity index (χ1n) is 7.20. The molecular weight excluding hydrogens is 324 g/mol. The topological polar surface area (TPSA) is 76.1 Å². The van der Waals surface area contributed by atoms with Gasteiger partial charge in [0.25, 0.3) is 5.91 Å². The van der Waals surface area contributed by atoms with Crippen molar-refractivity contribution < 1.29 is 13.2 Å². The first-order chi connectivity index (χ1) is 11.6. The van der Waals surface area contributed by atoms with E-state index in [0.717, 1.165) is 0 Å². The molecule has 0 fully saturated rings. The Labute approximate surface area is 139 Å². The highest BCUT2D eigenvalue weighted by atomic mass is 32.2. The van der Waals surface area contributed by atoms with E-state index in [-0.39, 0.29) is 15.7 Å². The molecule has 1 N–H and O–H groups in total. The molecule has 0 unspecified atom stereocenters. The molecule has 0 saturated heterocycles. The standard InChI is InChI=1S/C18H14N2O3S/c21-18(20-17-8-4-5-13-19-17)14-9-11-16(12-10-14)24(22,23)15-6-2-1-3-7-15/h1-13H,(H,19,20,21). The molecule has 2 aromatic carbocycles. The molecular formula is C18H14N2O3S. The van der Waals surface area contributed by atoms with E-state index in [1.807, 2.05) is 0 Å². The Morgan fingerprint density at radius 1 is 0.792 bits per heavy atom. The Morgan fingerprint density at radius 2 is 1.42 bits per heavy atom. The Hall–Kier alpha value is -2.99. The molecule has 3 rings (SSSR count). The number of hydrogen-bond acceptors (Lipinski definition) is 4. The van der Waals surface area contributed by atoms with Crippen LogP contribution < -0.4 is 5.32 Å². The Morgan fingerprint density at radius 3 is 2.04 bits per heavy atom. The summed E-state index contributed by atoms with van der Waals surface area (Å²) in [5.74, 6) is 0.0841. The smallest absolute Gasteiger partial charge is 0.256 e. The van der Waals surface area contributed by atoms with Crippen LogP contribution in [0.3, 0.4) is 0 Å². The first kappa shape index (κ1) is 15.9. The summed E-state index contributed by atoms with van der Waals surface area (Å²) >= 11 is 0. The van der Waals surface area contributed by atoms with Gasteiger partial charge in [-0.15, -0.1) is 0 Å². The van der Waals surface area contributed by atoms with Gasteiger partial charge in [-0.25, -0.2) is 13.4 Å². The number of hydrogen-bond donors (Lipinski definition) is 1. The average molecular weight is 338 g/mol. The van der Waals surface area contributed by atoms with Gasteiger partial charge in [-0.3, -0.25) is 4.79 Å². The van der Waals surface area contributed by atoms with Crippen LogP contribution in [0.1, 0.15) is 10.4 Å². The summed E-state index contributed by atoms with van der Waals surface area (Å²) in [7, 11) is -3.58. The van der Waals surface area contributed by atoms with Crippen LogP contribution in [0.25, 0.3) is 0 Å². The quantitative estimate of drug-likeness (QED) is 0.793. The van der Waals surface area contributed by atoms with E-state index >= 15 is 0 Å². The molecule has 0 atom stereocenters. The van der Waals surface area contributed by atoms with E-state index in [2.05, 4.69) is 10.3 Å². The minimum absolute atomic E-state index is 0.142. The van der Waals surface area contributed by atoms with Crippen molar-refractivity contribution in [3.8, 4) is 0 Å². The molecule has 3 aromatic rings. The van der Waals surface area contributed by atoms with Gasteiger partial charge >= 0.3 is 0 Å². The highest BCUT2D eigenvalue weighted by molar-refractivity contribution is 7.91. The fourth-order valence-corrected chi connectivity index (χ4v) is 3.43. The van der Waals surface area contributed by atoms with Gasteiger partial charge in [0, 0.05) is 11.8 Å². The third-order valence-electron chi connectivity index (χ3n) is 3.39. The van der Waals surface area contributed by atoms with Gasteiger partial charge in [0.15, 0.2) is 0 Å². The van der Waals surface area contributed by atoms with Crippen molar-refractivity contribution in [1.82, 2.24) is 4.98 Å². The summed E-state index contributed by atoms with van der Waals surface area (Å²) in [6, 6.07) is 19.2. The summed E-state index contributed by atoms with van der Waals surface area (Å²) in [6.07, 6.45) is 1.57. The van der Waals surface area contributed by atoms with Crippen LogP contribution in [0.2, 0.25) is 0 Å². The normalized spacial score (nSPS) is 11.0. The molecule has 0 aliphatic rings. The summed E-state index contributed by atoms with van der Waals surface area (Å²) in [5, 5.41) is 2.65. The maximum Gasteiger partial charge on any atom is 0.256 e. The average Bonchev–Trinajstić information content (AvgIpc) is 2.63. The molecule has 120 valence electrons. The van der Waals surface area contributed by atoms with Crippen molar-refractivity contribution in [2.24, 2.45) is 0 Å². The van der Waals surface area contributed by atoms with Crippen LogP contribution in [0.4, 0.5) is 5.82 Å². The fourth-order valence-electron chi connectivity index (χ4n) is 2.15. The third kappa shape index (κ3) is 3.33. The minimum atomic E-state index is -3.58. The van der Waals surface area contributed by atoms with Crippen molar-refractivity contribution in [1.29, 1.82) is 0 Å². The second kappa shape index (κ2) is 6.64. The first-order valence-corrected chi connectivity index (χ1v) is 8.68. The van der Waals surface area contributed by atoms with Crippen molar-refractivity contribution in [3.63, 3.8) is 0 Å². The lowest BCUT2D eigenvalue weighted by Crippen LogP contribution is -2.13. The molecule has 0 radical (unpaired) electrons. The van der Waals surface area contributed by atoms with Crippen LogP contribution in [0.15, 0.2) is 88.8 Å². The molecule has 1 aromatic heterocycles. The van der Waals surface area contributed by atoms with Crippen LogP contribution >= 0.6 is 0 Å². The molecule has 0 aliphatic heterocycles. The third-order valence-corrected chi connectivity index (χ3v) is 5.17. The molecule has 5 nitrogen and oxygen atoms in total. The number of rotatable bonds is 4. The number of sulfone groups is 1. The summed E-state index contributed by atoms with van der Waals surface area (Å²) in [6.45, 7) is 0. The minimum Gasteiger partial charge on any atom is -0.307 e. The number of nitrogens with one attached hydrogen (secondary N) is 1. The predicted molar refractivity (Wildman–Crippen MR) is 90.5 cm³/mol. The fraction of sp³-hybridized carbons (Fsp3) is 0. The molecule has 6 heteroatoms. The van der Waals surface area contributed by atoms with E-state index in [4.69, 9.17) is 0 Å². The molecule has 0 saturated carbocycles. The van der Waals surface area contributed by atoms with Crippen LogP contribution in [-0.4, -0.2) is 19.3 Å². The zero-order valence-electron chi connectivity index (χ0n) is 12.6. The van der Waals surface area contributed by atoms with Gasteiger partial charge < -0.3 is 5.32 Å². The van der Waals surface area contributed by atoms with Crippen LogP contribution in [0, 0.1) is 0 Å². The SMILES string of the molecule is O=C(Nc1ccccn1)c1ccc(S(=O)(=O)c2ccccc2)cc1. The van der Waals surface area contributed by atoms with Gasteiger partial charge in [0.1, 0.15) is 5.82 Å². The number of amides is 1. The zero-order chi connectivity index (χ0) is 17.0. The lowest BCUT2D eigenvalue weighted by molar-refractivity contribution is 0.102. The molecule has 0 spiro atoms. The highest BCUT2D eigenvalue weighted by Gasteiger charge is 2.17. The van der Waals surface area contributed by atoms with Crippen molar-refractivity contribution in [3.05, 3.63) is 84.6 Å². The number of nitrogens with zero attached hydrogens (tertiary/aromatic N) is 1. The van der Waals surface area contributed by atoms with Gasteiger partial charge in [-0.1, -0.05) is 24.3 Å². The zero-order valence-corrected chi connectivity index (χ0v) is 13.4. The van der Waals surface area contributed by atoms with Crippen LogP contribution in [-0.2, 0) is 9.84 Å². The van der Waals surface area contributed by atoms with Crippen molar-refractivity contribution >= 4 is 21.6 Å². The van der Waals surface area contributed by atoms with E-state index in [0.29, 0.717) is 11.4 Å². The van der Waals surface area contributed by atoms with Crippen molar-refractivity contribution in [2.75, 3.05) is 5.32 Å². The number of aromatic nitrogens is 1. The molecule has 24 heavy (non-hydrogen) atoms. The molecule has 0 bridgehead atoms. The number of pyridine rings is 1. The van der Waals surface area contributed by atoms with E-state index in [1.165, 1.54) is 36.4 Å². The highest BCUT2D eigenvalue weighted by Crippen LogP contribution is 2.21. The molecule has 1 amide bonds. The molecule has 1 heterocycles. The van der Waals surface area contributed by atoms with Gasteiger partial charge in [-0.2, -0.15) is 0 Å². The van der Waals surface area contributed by atoms with E-state index < -0.39 is 9.84 Å². The second-order valence-corrected chi connectivity index (χ2v) is 6.96. The Bertz CT molecular complexity index is 939. The van der Waals surface area contributed by atoms with E-state index in [1.54, 1.807) is 42.6 Å². The second-order valence-electron chi connectivity index (χ2n) is 5.01. The number of carbonyl (C=O) groups excluding carboxylic acids is 1. The summed E-state index contributed by atoms with van der Waals surface area (Å²) in [5.41, 5.74) is 0.354. The summed E-state index contributed by atoms with van der Waals surface area (Å²) < 4.78 is 25.0. The van der Waals surface area contributed by atoms with Crippen molar-refractivity contribution in [2.45, 2.75) is 9.79 Å². The van der Waals surface area contributed by atoms with E-state index in [9.17, 15) is 13.2 Å². The largest absolute Gasteiger partial charge is 0.307 e. The number of benzene rings is 2. The maximum atomic E-state index is 12.5. The Balaban J connectivity index is 1.82. The number of carbonyl (C=O) groups is 1. The van der Waals surface area contributed by atoms with Gasteiger partial charge in [-0.05, 0) is 48.5 Å².